The van der Waals surface area contributed by atoms with Gasteiger partial charge in [-0.25, -0.2) is 0 Å². The van der Waals surface area contributed by atoms with Crippen molar-refractivity contribution >= 4 is 28.9 Å². The number of rotatable bonds is 5. The molecule has 0 radical (unpaired) electrons. The Morgan fingerprint density at radius 3 is 2.76 bits per heavy atom. The molecule has 17 heavy (non-hydrogen) atoms. The van der Waals surface area contributed by atoms with E-state index >= 15 is 0 Å². The van der Waals surface area contributed by atoms with Gasteiger partial charge < -0.3 is 11.1 Å². The van der Waals surface area contributed by atoms with Gasteiger partial charge in [0.1, 0.15) is 0 Å². The van der Waals surface area contributed by atoms with Crippen molar-refractivity contribution in [3.63, 3.8) is 0 Å². The van der Waals surface area contributed by atoms with E-state index in [0.29, 0.717) is 17.1 Å². The third-order valence-corrected chi connectivity index (χ3v) is 2.95. The molecule has 0 heterocycles. The van der Waals surface area contributed by atoms with Gasteiger partial charge in [-0.15, -0.1) is 0 Å². The number of nitrogen functional groups attached to an aromatic ring is 1. The van der Waals surface area contributed by atoms with Crippen LogP contribution >= 0.6 is 11.6 Å². The van der Waals surface area contributed by atoms with E-state index < -0.39 is 0 Å². The van der Waals surface area contributed by atoms with Gasteiger partial charge in [-0.05, 0) is 31.0 Å². The first kappa shape index (κ1) is 13.8. The van der Waals surface area contributed by atoms with Crippen molar-refractivity contribution in [1.82, 2.24) is 0 Å². The Balaban J connectivity index is 2.62. The highest BCUT2D eigenvalue weighted by molar-refractivity contribution is 6.33. The minimum Gasteiger partial charge on any atom is -0.398 e. The number of unbranched alkanes of at least 4 members (excludes halogenated alkanes) is 2. The van der Waals surface area contributed by atoms with Crippen LogP contribution in [0.3, 0.4) is 0 Å². The van der Waals surface area contributed by atoms with Gasteiger partial charge >= 0.3 is 0 Å². The maximum atomic E-state index is 11.7. The zero-order valence-electron chi connectivity index (χ0n) is 10.3. The number of carbonyl (C=O) groups excluding carboxylic acids is 1. The average molecular weight is 255 g/mol. The molecule has 3 nitrogen and oxygen atoms in total. The monoisotopic (exact) mass is 254 g/mol. The summed E-state index contributed by atoms with van der Waals surface area (Å²) in [6.07, 6.45) is 3.66. The van der Waals surface area contributed by atoms with E-state index in [1.165, 1.54) is 0 Å². The Morgan fingerprint density at radius 2 is 2.12 bits per heavy atom. The van der Waals surface area contributed by atoms with Crippen molar-refractivity contribution in [2.24, 2.45) is 0 Å². The predicted molar refractivity (Wildman–Crippen MR) is 73.4 cm³/mol. The summed E-state index contributed by atoms with van der Waals surface area (Å²) < 4.78 is 0. The molecule has 0 fully saturated rings. The molecule has 0 aliphatic heterocycles. The summed E-state index contributed by atoms with van der Waals surface area (Å²) in [6, 6.07) is 3.47. The maximum absolute atomic E-state index is 11.7. The number of hydrogen-bond donors (Lipinski definition) is 2. The van der Waals surface area contributed by atoms with Crippen LogP contribution in [0.5, 0.6) is 0 Å². The van der Waals surface area contributed by atoms with Crippen LogP contribution in [0.25, 0.3) is 0 Å². The number of amides is 1. The van der Waals surface area contributed by atoms with Gasteiger partial charge in [0.25, 0.3) is 0 Å². The molecular weight excluding hydrogens is 236 g/mol. The highest BCUT2D eigenvalue weighted by Crippen LogP contribution is 2.26. The summed E-state index contributed by atoms with van der Waals surface area (Å²) in [6.45, 7) is 4.01. The maximum Gasteiger partial charge on any atom is 0.224 e. The zero-order valence-corrected chi connectivity index (χ0v) is 11.1. The molecule has 1 aromatic carbocycles. The molecule has 94 valence electrons. The predicted octanol–water partition coefficient (Wildman–Crippen LogP) is 3.75. The van der Waals surface area contributed by atoms with Gasteiger partial charge in [0.2, 0.25) is 5.91 Å². The van der Waals surface area contributed by atoms with E-state index in [9.17, 15) is 4.79 Å². The number of aryl methyl sites for hydroxylation is 1. The van der Waals surface area contributed by atoms with Crippen molar-refractivity contribution in [2.75, 3.05) is 11.1 Å². The van der Waals surface area contributed by atoms with Crippen LogP contribution in [-0.4, -0.2) is 5.91 Å². The molecule has 0 saturated heterocycles. The zero-order chi connectivity index (χ0) is 12.8. The fourth-order valence-corrected chi connectivity index (χ4v) is 1.75. The van der Waals surface area contributed by atoms with Crippen LogP contribution in [0.4, 0.5) is 11.4 Å². The van der Waals surface area contributed by atoms with Crippen molar-refractivity contribution < 1.29 is 4.79 Å². The minimum atomic E-state index is 0.0300. The normalized spacial score (nSPS) is 10.3. The molecule has 0 saturated carbocycles. The molecule has 4 heteroatoms. The van der Waals surface area contributed by atoms with Gasteiger partial charge in [0.15, 0.2) is 0 Å². The Bertz CT molecular complexity index is 405. The first-order valence-electron chi connectivity index (χ1n) is 5.90. The summed E-state index contributed by atoms with van der Waals surface area (Å²) in [5.74, 6) is 0.0300. The van der Waals surface area contributed by atoms with E-state index in [1.807, 2.05) is 6.92 Å². The lowest BCUT2D eigenvalue weighted by Crippen LogP contribution is -2.12. The quantitative estimate of drug-likeness (QED) is 0.621. The third-order valence-electron chi connectivity index (χ3n) is 2.63. The molecule has 0 atom stereocenters. The standard InChI is InChI=1S/C13H19ClN2O/c1-3-4-5-6-13(17)16-12-8-10(14)11(15)7-9(12)2/h7-8H,3-6,15H2,1-2H3,(H,16,17). The fraction of sp³-hybridized carbons (Fsp3) is 0.462. The summed E-state index contributed by atoms with van der Waals surface area (Å²) in [7, 11) is 0. The van der Waals surface area contributed by atoms with Crippen LogP contribution in [0.15, 0.2) is 12.1 Å². The number of hydrogen-bond acceptors (Lipinski definition) is 2. The molecule has 1 aromatic rings. The smallest absolute Gasteiger partial charge is 0.224 e. The van der Waals surface area contributed by atoms with Gasteiger partial charge in [-0.1, -0.05) is 31.4 Å². The molecule has 0 aliphatic carbocycles. The molecule has 1 amide bonds. The average Bonchev–Trinajstić information content (AvgIpc) is 2.26. The number of carbonyl (C=O) groups is 1. The topological polar surface area (TPSA) is 55.1 Å². The van der Waals surface area contributed by atoms with E-state index in [0.717, 1.165) is 30.5 Å². The highest BCUT2D eigenvalue weighted by Gasteiger charge is 2.07. The van der Waals surface area contributed by atoms with Gasteiger partial charge in [0, 0.05) is 12.1 Å². The second-order valence-corrected chi connectivity index (χ2v) is 4.60. The van der Waals surface area contributed by atoms with Crippen LogP contribution in [-0.2, 0) is 4.79 Å². The Kier molecular flexibility index (Phi) is 5.29. The van der Waals surface area contributed by atoms with E-state index in [-0.39, 0.29) is 5.91 Å². The molecule has 1 rings (SSSR count). The number of nitrogens with two attached hydrogens (primary N) is 1. The van der Waals surface area contributed by atoms with Gasteiger partial charge in [-0.2, -0.15) is 0 Å². The molecule has 0 bridgehead atoms. The third kappa shape index (κ3) is 4.27. The van der Waals surface area contributed by atoms with Crippen LogP contribution in [0, 0.1) is 6.92 Å². The summed E-state index contributed by atoms with van der Waals surface area (Å²) in [5, 5.41) is 3.33. The molecule has 0 aliphatic rings. The summed E-state index contributed by atoms with van der Waals surface area (Å²) in [4.78, 5) is 11.7. The molecule has 0 unspecified atom stereocenters. The lowest BCUT2D eigenvalue weighted by molar-refractivity contribution is -0.116. The molecule has 3 N–H and O–H groups in total. The van der Waals surface area contributed by atoms with Crippen molar-refractivity contribution in [2.45, 2.75) is 39.5 Å². The molecule has 0 spiro atoms. The van der Waals surface area contributed by atoms with E-state index in [2.05, 4.69) is 12.2 Å². The first-order chi connectivity index (χ1) is 8.04. The Hall–Kier alpha value is -1.22. The SMILES string of the molecule is CCCCCC(=O)Nc1cc(Cl)c(N)cc1C. The van der Waals surface area contributed by atoms with E-state index in [4.69, 9.17) is 17.3 Å². The lowest BCUT2D eigenvalue weighted by atomic mass is 10.1. The number of nitrogens with one attached hydrogen (secondary N) is 1. The number of benzene rings is 1. The minimum absolute atomic E-state index is 0.0300. The summed E-state index contributed by atoms with van der Waals surface area (Å²) in [5.41, 5.74) is 7.88. The Morgan fingerprint density at radius 1 is 1.41 bits per heavy atom. The van der Waals surface area contributed by atoms with Crippen molar-refractivity contribution in [3.05, 3.63) is 22.7 Å². The highest BCUT2D eigenvalue weighted by atomic mass is 35.5. The van der Waals surface area contributed by atoms with Gasteiger partial charge in [-0.3, -0.25) is 4.79 Å². The second-order valence-electron chi connectivity index (χ2n) is 4.19. The first-order valence-corrected chi connectivity index (χ1v) is 6.28. The summed E-state index contributed by atoms with van der Waals surface area (Å²) >= 11 is 5.92. The van der Waals surface area contributed by atoms with Crippen LogP contribution in [0.1, 0.15) is 38.2 Å². The molecular formula is C13H19ClN2O. The second kappa shape index (κ2) is 6.50. The number of halogens is 1. The van der Waals surface area contributed by atoms with Gasteiger partial charge in [0.05, 0.1) is 10.7 Å². The van der Waals surface area contributed by atoms with Crippen molar-refractivity contribution in [3.8, 4) is 0 Å². The van der Waals surface area contributed by atoms with E-state index in [1.54, 1.807) is 12.1 Å². The lowest BCUT2D eigenvalue weighted by Gasteiger charge is -2.10. The fourth-order valence-electron chi connectivity index (χ4n) is 1.59. The van der Waals surface area contributed by atoms with Crippen molar-refractivity contribution in [1.29, 1.82) is 0 Å². The van der Waals surface area contributed by atoms with Crippen LogP contribution in [0.2, 0.25) is 5.02 Å². The number of anilines is 2. The largest absolute Gasteiger partial charge is 0.398 e. The van der Waals surface area contributed by atoms with Crippen LogP contribution < -0.4 is 11.1 Å². The Labute approximate surface area is 107 Å². The molecule has 0 aromatic heterocycles.